The zero-order valence-corrected chi connectivity index (χ0v) is 10.4. The molecule has 2 aromatic carbocycles. The van der Waals surface area contributed by atoms with Crippen LogP contribution < -0.4 is 5.32 Å². The maximum absolute atomic E-state index is 11.9. The first-order valence-corrected chi connectivity index (χ1v) is 5.86. The van der Waals surface area contributed by atoms with Gasteiger partial charge < -0.3 is 15.5 Å². The van der Waals surface area contributed by atoms with Gasteiger partial charge in [-0.3, -0.25) is 9.59 Å². The number of hydrogen-bond donors (Lipinski definition) is 3. The van der Waals surface area contributed by atoms with Crippen molar-refractivity contribution in [3.63, 3.8) is 0 Å². The summed E-state index contributed by atoms with van der Waals surface area (Å²) in [6, 6.07) is 10.6. The lowest BCUT2D eigenvalue weighted by molar-refractivity contribution is 0.0946. The SMILES string of the molecule is O=[C]C(NC(=O)c1ccc(O)cc1)c1ccc(O)cc1. The van der Waals surface area contributed by atoms with E-state index in [0.29, 0.717) is 11.1 Å². The Bertz CT molecular complexity index is 605. The van der Waals surface area contributed by atoms with Crippen LogP contribution in [0, 0.1) is 0 Å². The molecule has 0 heterocycles. The van der Waals surface area contributed by atoms with E-state index >= 15 is 0 Å². The highest BCUT2D eigenvalue weighted by Gasteiger charge is 2.15. The Balaban J connectivity index is 2.13. The van der Waals surface area contributed by atoms with E-state index in [-0.39, 0.29) is 11.5 Å². The van der Waals surface area contributed by atoms with Crippen LogP contribution in [0.3, 0.4) is 0 Å². The van der Waals surface area contributed by atoms with Crippen molar-refractivity contribution in [3.8, 4) is 11.5 Å². The molecule has 0 bridgehead atoms. The lowest BCUT2D eigenvalue weighted by Gasteiger charge is -2.12. The molecular formula is C15H12NO4. The summed E-state index contributed by atoms with van der Waals surface area (Å²) in [5, 5.41) is 20.9. The summed E-state index contributed by atoms with van der Waals surface area (Å²) < 4.78 is 0. The highest BCUT2D eigenvalue weighted by molar-refractivity contribution is 5.95. The van der Waals surface area contributed by atoms with E-state index in [0.717, 1.165) is 0 Å². The molecule has 5 nitrogen and oxygen atoms in total. The summed E-state index contributed by atoms with van der Waals surface area (Å²) in [6.45, 7) is 0. The van der Waals surface area contributed by atoms with Crippen LogP contribution in [0.1, 0.15) is 22.0 Å². The van der Waals surface area contributed by atoms with Crippen LogP contribution in [0.5, 0.6) is 11.5 Å². The molecule has 0 aromatic heterocycles. The third kappa shape index (κ3) is 3.14. The normalized spacial score (nSPS) is 11.6. The first-order valence-electron chi connectivity index (χ1n) is 5.86. The van der Waals surface area contributed by atoms with E-state index < -0.39 is 11.9 Å². The number of phenols is 2. The van der Waals surface area contributed by atoms with Crippen LogP contribution in [0.25, 0.3) is 0 Å². The van der Waals surface area contributed by atoms with Crippen molar-refractivity contribution in [2.45, 2.75) is 6.04 Å². The molecular weight excluding hydrogens is 258 g/mol. The second-order valence-electron chi connectivity index (χ2n) is 4.16. The van der Waals surface area contributed by atoms with Crippen molar-refractivity contribution in [2.75, 3.05) is 0 Å². The zero-order chi connectivity index (χ0) is 14.5. The summed E-state index contributed by atoms with van der Waals surface area (Å²) in [6.07, 6.45) is 1.74. The van der Waals surface area contributed by atoms with E-state index in [1.54, 1.807) is 6.29 Å². The summed E-state index contributed by atoms with van der Waals surface area (Å²) in [7, 11) is 0. The summed E-state index contributed by atoms with van der Waals surface area (Å²) in [4.78, 5) is 22.9. The van der Waals surface area contributed by atoms with Crippen LogP contribution in [0.4, 0.5) is 0 Å². The summed E-state index contributed by atoms with van der Waals surface area (Å²) >= 11 is 0. The number of benzene rings is 2. The Morgan fingerprint density at radius 2 is 1.45 bits per heavy atom. The molecule has 3 N–H and O–H groups in total. The van der Waals surface area contributed by atoms with Gasteiger partial charge in [0.1, 0.15) is 17.5 Å². The fraction of sp³-hybridized carbons (Fsp3) is 0.0667. The average molecular weight is 270 g/mol. The van der Waals surface area contributed by atoms with E-state index in [4.69, 9.17) is 5.11 Å². The van der Waals surface area contributed by atoms with Gasteiger partial charge in [0.15, 0.2) is 0 Å². The second-order valence-corrected chi connectivity index (χ2v) is 4.16. The van der Waals surface area contributed by atoms with Crippen LogP contribution in [0.2, 0.25) is 0 Å². The maximum atomic E-state index is 11.9. The molecule has 2 aromatic rings. The Morgan fingerprint density at radius 3 is 1.95 bits per heavy atom. The fourth-order valence-corrected chi connectivity index (χ4v) is 1.67. The Kier molecular flexibility index (Phi) is 4.00. The van der Waals surface area contributed by atoms with Gasteiger partial charge in [-0.25, -0.2) is 0 Å². The van der Waals surface area contributed by atoms with Crippen molar-refractivity contribution in [3.05, 3.63) is 59.7 Å². The summed E-state index contributed by atoms with van der Waals surface area (Å²) in [5.74, 6) is -0.326. The number of phenolic OH excluding ortho intramolecular Hbond substituents is 2. The van der Waals surface area contributed by atoms with Gasteiger partial charge in [-0.2, -0.15) is 0 Å². The highest BCUT2D eigenvalue weighted by Crippen LogP contribution is 2.16. The van der Waals surface area contributed by atoms with Gasteiger partial charge in [0.25, 0.3) is 5.91 Å². The van der Waals surface area contributed by atoms with Crippen molar-refractivity contribution < 1.29 is 19.8 Å². The van der Waals surface area contributed by atoms with Gasteiger partial charge in [0, 0.05) is 5.56 Å². The average Bonchev–Trinajstić information content (AvgIpc) is 2.46. The largest absolute Gasteiger partial charge is 0.508 e. The monoisotopic (exact) mass is 270 g/mol. The Labute approximate surface area is 115 Å². The van der Waals surface area contributed by atoms with Gasteiger partial charge in [0.05, 0.1) is 0 Å². The predicted molar refractivity (Wildman–Crippen MR) is 72.1 cm³/mol. The lowest BCUT2D eigenvalue weighted by atomic mass is 10.1. The first kappa shape index (κ1) is 13.6. The molecule has 0 aliphatic rings. The first-order chi connectivity index (χ1) is 9.60. The molecule has 5 heteroatoms. The fourth-order valence-electron chi connectivity index (χ4n) is 1.67. The molecule has 1 atom stereocenters. The van der Waals surface area contributed by atoms with E-state index in [9.17, 15) is 14.7 Å². The van der Waals surface area contributed by atoms with Crippen molar-refractivity contribution >= 4 is 12.2 Å². The molecule has 1 radical (unpaired) electrons. The van der Waals surface area contributed by atoms with E-state index in [1.807, 2.05) is 0 Å². The molecule has 0 aliphatic carbocycles. The molecule has 101 valence electrons. The molecule has 0 spiro atoms. The lowest BCUT2D eigenvalue weighted by Crippen LogP contribution is -2.29. The molecule has 0 saturated carbocycles. The maximum Gasteiger partial charge on any atom is 0.252 e. The van der Waals surface area contributed by atoms with Gasteiger partial charge in [-0.15, -0.1) is 0 Å². The molecule has 20 heavy (non-hydrogen) atoms. The van der Waals surface area contributed by atoms with Gasteiger partial charge in [-0.1, -0.05) is 12.1 Å². The molecule has 1 unspecified atom stereocenters. The second kappa shape index (κ2) is 5.88. The molecule has 2 rings (SSSR count). The minimum atomic E-state index is -0.920. The predicted octanol–water partition coefficient (Wildman–Crippen LogP) is 1.68. The van der Waals surface area contributed by atoms with Gasteiger partial charge >= 0.3 is 0 Å². The topological polar surface area (TPSA) is 86.6 Å². The van der Waals surface area contributed by atoms with Crippen LogP contribution in [-0.4, -0.2) is 22.4 Å². The highest BCUT2D eigenvalue weighted by atomic mass is 16.3. The molecule has 1 amide bonds. The standard InChI is InChI=1S/C15H12NO4/c17-9-14(10-1-5-12(18)6-2-10)16-15(20)11-3-7-13(19)8-4-11/h1-8,14,18-19H,(H,16,20). The van der Waals surface area contributed by atoms with Gasteiger partial charge in [0.2, 0.25) is 6.29 Å². The molecule has 0 aliphatic heterocycles. The number of aromatic hydroxyl groups is 2. The van der Waals surface area contributed by atoms with Crippen molar-refractivity contribution in [2.24, 2.45) is 0 Å². The van der Waals surface area contributed by atoms with E-state index in [1.165, 1.54) is 48.5 Å². The zero-order valence-electron chi connectivity index (χ0n) is 10.4. The number of rotatable bonds is 4. The summed E-state index contributed by atoms with van der Waals surface area (Å²) in [5.41, 5.74) is 0.840. The van der Waals surface area contributed by atoms with E-state index in [2.05, 4.69) is 5.32 Å². The third-order valence-electron chi connectivity index (χ3n) is 2.75. The number of nitrogens with one attached hydrogen (secondary N) is 1. The van der Waals surface area contributed by atoms with Crippen molar-refractivity contribution in [1.29, 1.82) is 0 Å². The minimum Gasteiger partial charge on any atom is -0.508 e. The quantitative estimate of drug-likeness (QED) is 0.788. The number of carbonyl (C=O) groups excluding carboxylic acids is 2. The third-order valence-corrected chi connectivity index (χ3v) is 2.75. The molecule has 0 fully saturated rings. The Hall–Kier alpha value is -2.82. The number of hydrogen-bond acceptors (Lipinski definition) is 4. The Morgan fingerprint density at radius 1 is 0.950 bits per heavy atom. The minimum absolute atomic E-state index is 0.0542. The smallest absolute Gasteiger partial charge is 0.252 e. The number of carbonyl (C=O) groups is 1. The van der Waals surface area contributed by atoms with Gasteiger partial charge in [-0.05, 0) is 42.0 Å². The number of amides is 1. The van der Waals surface area contributed by atoms with Crippen LogP contribution in [0.15, 0.2) is 48.5 Å². The van der Waals surface area contributed by atoms with Crippen molar-refractivity contribution in [1.82, 2.24) is 5.32 Å². The van der Waals surface area contributed by atoms with Crippen LogP contribution >= 0.6 is 0 Å². The molecule has 0 saturated heterocycles. The van der Waals surface area contributed by atoms with Crippen LogP contribution in [-0.2, 0) is 4.79 Å².